The van der Waals surface area contributed by atoms with E-state index in [9.17, 15) is 5.11 Å². The van der Waals surface area contributed by atoms with Gasteiger partial charge in [-0.05, 0) is 44.8 Å². The zero-order chi connectivity index (χ0) is 12.5. The summed E-state index contributed by atoms with van der Waals surface area (Å²) in [5.41, 5.74) is 4.07. The summed E-state index contributed by atoms with van der Waals surface area (Å²) in [4.78, 5) is 2.41. The zero-order valence-electron chi connectivity index (χ0n) is 9.94. The van der Waals surface area contributed by atoms with Crippen LogP contribution in [0.4, 0.5) is 0 Å². The fraction of sp³-hybridized carbons (Fsp3) is 0.200. The van der Waals surface area contributed by atoms with E-state index in [4.69, 9.17) is 0 Å². The Kier molecular flexibility index (Phi) is 3.10. The van der Waals surface area contributed by atoms with Crippen LogP contribution in [0.15, 0.2) is 46.9 Å². The number of phenolic OH excluding ortho intramolecular Hbond substituents is 1. The van der Waals surface area contributed by atoms with Gasteiger partial charge in [-0.25, -0.2) is 0 Å². The second-order valence-corrected chi connectivity index (χ2v) is 5.55. The molecule has 0 atom stereocenters. The van der Waals surface area contributed by atoms with Crippen LogP contribution < -0.4 is 0 Å². The number of hydrogen-bond acceptors (Lipinski definition) is 2. The van der Waals surface area contributed by atoms with E-state index in [2.05, 4.69) is 45.1 Å². The Morgan fingerprint density at radius 3 is 2.33 bits per heavy atom. The highest BCUT2D eigenvalue weighted by Crippen LogP contribution is 2.27. The van der Waals surface area contributed by atoms with Crippen molar-refractivity contribution < 1.29 is 5.11 Å². The van der Waals surface area contributed by atoms with Crippen LogP contribution >= 0.6 is 15.9 Å². The number of halogens is 1. The molecule has 2 nitrogen and oxygen atoms in total. The molecule has 0 aliphatic carbocycles. The minimum atomic E-state index is 0.295. The Balaban J connectivity index is 1.74. The summed E-state index contributed by atoms with van der Waals surface area (Å²) < 4.78 is 0.761. The number of fused-ring (bicyclic) bond motifs is 1. The van der Waals surface area contributed by atoms with E-state index >= 15 is 0 Å². The Morgan fingerprint density at radius 2 is 1.72 bits per heavy atom. The van der Waals surface area contributed by atoms with Crippen molar-refractivity contribution >= 4 is 15.9 Å². The average Bonchev–Trinajstić information content (AvgIpc) is 2.76. The van der Waals surface area contributed by atoms with Gasteiger partial charge in [0.05, 0.1) is 4.47 Å². The van der Waals surface area contributed by atoms with Gasteiger partial charge in [-0.3, -0.25) is 4.90 Å². The molecule has 0 amide bonds. The molecule has 2 aromatic carbocycles. The zero-order valence-corrected chi connectivity index (χ0v) is 11.5. The van der Waals surface area contributed by atoms with Crippen LogP contribution in [-0.2, 0) is 19.6 Å². The SMILES string of the molecule is Oc1ccc(CN2Cc3ccccc3C2)cc1Br. The molecule has 92 valence electrons. The Morgan fingerprint density at radius 1 is 1.06 bits per heavy atom. The molecule has 18 heavy (non-hydrogen) atoms. The Hall–Kier alpha value is -1.32. The lowest BCUT2D eigenvalue weighted by atomic mass is 10.1. The van der Waals surface area contributed by atoms with Gasteiger partial charge in [-0.15, -0.1) is 0 Å². The predicted molar refractivity (Wildman–Crippen MR) is 75.2 cm³/mol. The third kappa shape index (κ3) is 2.28. The fourth-order valence-corrected chi connectivity index (χ4v) is 2.85. The molecule has 0 fully saturated rings. The molecular formula is C15H14BrNO. The molecule has 0 aromatic heterocycles. The van der Waals surface area contributed by atoms with Crippen molar-refractivity contribution in [3.05, 3.63) is 63.6 Å². The van der Waals surface area contributed by atoms with E-state index in [0.29, 0.717) is 5.75 Å². The van der Waals surface area contributed by atoms with Crippen LogP contribution in [-0.4, -0.2) is 10.0 Å². The molecule has 2 aromatic rings. The highest BCUT2D eigenvalue weighted by Gasteiger charge is 2.18. The molecule has 3 heteroatoms. The lowest BCUT2D eigenvalue weighted by Gasteiger charge is -2.15. The third-order valence-electron chi connectivity index (χ3n) is 3.32. The van der Waals surface area contributed by atoms with Crippen LogP contribution in [0.5, 0.6) is 5.75 Å². The molecule has 1 N–H and O–H groups in total. The maximum absolute atomic E-state index is 9.49. The average molecular weight is 304 g/mol. The first kappa shape index (κ1) is 11.8. The van der Waals surface area contributed by atoms with Gasteiger partial charge in [-0.2, -0.15) is 0 Å². The van der Waals surface area contributed by atoms with Crippen molar-refractivity contribution in [3.8, 4) is 5.75 Å². The van der Waals surface area contributed by atoms with Gasteiger partial charge in [0.2, 0.25) is 0 Å². The van der Waals surface area contributed by atoms with E-state index in [1.165, 1.54) is 16.7 Å². The van der Waals surface area contributed by atoms with Gasteiger partial charge in [0.25, 0.3) is 0 Å². The second-order valence-electron chi connectivity index (χ2n) is 4.70. The lowest BCUT2D eigenvalue weighted by Crippen LogP contribution is -2.15. The molecule has 0 spiro atoms. The predicted octanol–water partition coefficient (Wildman–Crippen LogP) is 3.67. The molecule has 1 aliphatic heterocycles. The van der Waals surface area contributed by atoms with Crippen molar-refractivity contribution in [3.63, 3.8) is 0 Å². The number of hydrogen-bond donors (Lipinski definition) is 1. The van der Waals surface area contributed by atoms with Crippen molar-refractivity contribution in [2.24, 2.45) is 0 Å². The van der Waals surface area contributed by atoms with Crippen LogP contribution in [0.1, 0.15) is 16.7 Å². The summed E-state index contributed by atoms with van der Waals surface area (Å²) in [6.07, 6.45) is 0. The lowest BCUT2D eigenvalue weighted by molar-refractivity contribution is 0.275. The maximum Gasteiger partial charge on any atom is 0.129 e. The fourth-order valence-electron chi connectivity index (χ4n) is 2.42. The number of nitrogens with zero attached hydrogens (tertiary/aromatic N) is 1. The number of rotatable bonds is 2. The standard InChI is InChI=1S/C15H14BrNO/c16-14-7-11(5-6-15(14)18)8-17-9-12-3-1-2-4-13(12)10-17/h1-7,18H,8-10H2. The van der Waals surface area contributed by atoms with E-state index in [0.717, 1.165) is 24.1 Å². The van der Waals surface area contributed by atoms with Gasteiger partial charge in [0.15, 0.2) is 0 Å². The summed E-state index contributed by atoms with van der Waals surface area (Å²) in [5, 5.41) is 9.49. The van der Waals surface area contributed by atoms with E-state index in [-0.39, 0.29) is 0 Å². The van der Waals surface area contributed by atoms with Gasteiger partial charge in [-0.1, -0.05) is 30.3 Å². The molecular weight excluding hydrogens is 290 g/mol. The molecule has 1 aliphatic rings. The number of phenols is 1. The second kappa shape index (κ2) is 4.75. The monoisotopic (exact) mass is 303 g/mol. The van der Waals surface area contributed by atoms with E-state index in [1.807, 2.05) is 12.1 Å². The Labute approximate surface area is 115 Å². The van der Waals surface area contributed by atoms with Crippen molar-refractivity contribution in [1.29, 1.82) is 0 Å². The summed E-state index contributed by atoms with van der Waals surface area (Å²) in [6.45, 7) is 2.93. The third-order valence-corrected chi connectivity index (χ3v) is 3.96. The van der Waals surface area contributed by atoms with E-state index < -0.39 is 0 Å². The maximum atomic E-state index is 9.49. The minimum Gasteiger partial charge on any atom is -0.507 e. The highest BCUT2D eigenvalue weighted by atomic mass is 79.9. The molecule has 1 heterocycles. The Bertz CT molecular complexity index is 557. The molecule has 0 bridgehead atoms. The van der Waals surface area contributed by atoms with Gasteiger partial charge >= 0.3 is 0 Å². The summed E-state index contributed by atoms with van der Waals surface area (Å²) in [6, 6.07) is 14.3. The highest BCUT2D eigenvalue weighted by molar-refractivity contribution is 9.10. The number of benzene rings is 2. The first-order valence-electron chi connectivity index (χ1n) is 5.99. The summed E-state index contributed by atoms with van der Waals surface area (Å²) in [7, 11) is 0. The normalized spacial score (nSPS) is 14.7. The van der Waals surface area contributed by atoms with E-state index in [1.54, 1.807) is 6.07 Å². The van der Waals surface area contributed by atoms with Gasteiger partial charge in [0.1, 0.15) is 5.75 Å². The first-order valence-corrected chi connectivity index (χ1v) is 6.78. The van der Waals surface area contributed by atoms with Crippen molar-refractivity contribution in [2.45, 2.75) is 19.6 Å². The van der Waals surface area contributed by atoms with Crippen molar-refractivity contribution in [1.82, 2.24) is 4.90 Å². The van der Waals surface area contributed by atoms with Crippen molar-refractivity contribution in [2.75, 3.05) is 0 Å². The first-order chi connectivity index (χ1) is 8.72. The van der Waals surface area contributed by atoms with Gasteiger partial charge < -0.3 is 5.11 Å². The smallest absolute Gasteiger partial charge is 0.129 e. The largest absolute Gasteiger partial charge is 0.507 e. The summed E-state index contributed by atoms with van der Waals surface area (Å²) >= 11 is 3.36. The van der Waals surface area contributed by atoms with Crippen LogP contribution in [0.25, 0.3) is 0 Å². The van der Waals surface area contributed by atoms with Crippen LogP contribution in [0.3, 0.4) is 0 Å². The molecule has 0 saturated heterocycles. The summed E-state index contributed by atoms with van der Waals surface area (Å²) in [5.74, 6) is 0.295. The molecule has 0 unspecified atom stereocenters. The minimum absolute atomic E-state index is 0.295. The quantitative estimate of drug-likeness (QED) is 0.915. The molecule has 0 radical (unpaired) electrons. The molecule has 3 rings (SSSR count). The molecule has 0 saturated carbocycles. The van der Waals surface area contributed by atoms with Crippen LogP contribution in [0, 0.1) is 0 Å². The topological polar surface area (TPSA) is 23.5 Å². The van der Waals surface area contributed by atoms with Crippen LogP contribution in [0.2, 0.25) is 0 Å². The number of aromatic hydroxyl groups is 1. The van der Waals surface area contributed by atoms with Gasteiger partial charge in [0, 0.05) is 19.6 Å².